The zero-order valence-electron chi connectivity index (χ0n) is 10.6. The van der Waals surface area contributed by atoms with Crippen LogP contribution >= 0.6 is 0 Å². The molecule has 0 aromatic heterocycles. The standard InChI is InChI=1S/C16H16N2/c1-11-7-12(2)9-14(8-11)16-15-6-4-3-5-13(15)10-17-18-16/h3-10,16,18H,1-2H3. The van der Waals surface area contributed by atoms with Crippen LogP contribution in [0.15, 0.2) is 47.6 Å². The van der Waals surface area contributed by atoms with Crippen molar-refractivity contribution in [1.82, 2.24) is 5.43 Å². The van der Waals surface area contributed by atoms with Gasteiger partial charge in [-0.2, -0.15) is 5.10 Å². The maximum Gasteiger partial charge on any atom is 0.0946 e. The molecule has 0 radical (unpaired) electrons. The van der Waals surface area contributed by atoms with Gasteiger partial charge in [-0.25, -0.2) is 0 Å². The van der Waals surface area contributed by atoms with Crippen molar-refractivity contribution in [2.75, 3.05) is 0 Å². The Morgan fingerprint density at radius 1 is 1.00 bits per heavy atom. The predicted octanol–water partition coefficient (Wildman–Crippen LogP) is 3.33. The first-order chi connectivity index (χ1) is 8.74. The summed E-state index contributed by atoms with van der Waals surface area (Å²) in [5, 5.41) is 4.26. The number of fused-ring (bicyclic) bond motifs is 1. The lowest BCUT2D eigenvalue weighted by molar-refractivity contribution is 0.631. The zero-order chi connectivity index (χ0) is 12.5. The second-order valence-corrected chi connectivity index (χ2v) is 4.87. The second-order valence-electron chi connectivity index (χ2n) is 4.87. The number of hydrazone groups is 1. The van der Waals surface area contributed by atoms with Gasteiger partial charge in [-0.1, -0.05) is 53.6 Å². The zero-order valence-corrected chi connectivity index (χ0v) is 10.6. The molecule has 0 amide bonds. The summed E-state index contributed by atoms with van der Waals surface area (Å²) in [6.07, 6.45) is 1.88. The molecule has 0 saturated carbocycles. The van der Waals surface area contributed by atoms with Crippen molar-refractivity contribution in [3.05, 3.63) is 70.3 Å². The van der Waals surface area contributed by atoms with Crippen molar-refractivity contribution < 1.29 is 0 Å². The fourth-order valence-corrected chi connectivity index (χ4v) is 2.57. The minimum Gasteiger partial charge on any atom is -0.298 e. The molecule has 1 atom stereocenters. The predicted molar refractivity (Wildman–Crippen MR) is 74.9 cm³/mol. The van der Waals surface area contributed by atoms with E-state index in [0.29, 0.717) is 0 Å². The number of benzene rings is 2. The first-order valence-corrected chi connectivity index (χ1v) is 6.20. The highest BCUT2D eigenvalue weighted by Crippen LogP contribution is 2.28. The number of nitrogens with zero attached hydrogens (tertiary/aromatic N) is 1. The lowest BCUT2D eigenvalue weighted by Crippen LogP contribution is -2.22. The molecule has 1 unspecified atom stereocenters. The molecule has 0 spiro atoms. The SMILES string of the molecule is Cc1cc(C)cc(C2NN=Cc3ccccc32)c1. The minimum atomic E-state index is 0.157. The van der Waals surface area contributed by atoms with Crippen LogP contribution in [0.5, 0.6) is 0 Å². The van der Waals surface area contributed by atoms with E-state index in [1.807, 2.05) is 6.21 Å². The Morgan fingerprint density at radius 3 is 2.50 bits per heavy atom. The molecule has 0 saturated heterocycles. The molecule has 90 valence electrons. The molecular formula is C16H16N2. The van der Waals surface area contributed by atoms with E-state index in [0.717, 1.165) is 0 Å². The molecule has 0 fully saturated rings. The fourth-order valence-electron chi connectivity index (χ4n) is 2.57. The van der Waals surface area contributed by atoms with E-state index in [2.05, 4.69) is 66.8 Å². The molecule has 2 nitrogen and oxygen atoms in total. The first-order valence-electron chi connectivity index (χ1n) is 6.20. The van der Waals surface area contributed by atoms with Gasteiger partial charge in [0.15, 0.2) is 0 Å². The van der Waals surface area contributed by atoms with Crippen LogP contribution in [-0.2, 0) is 0 Å². The van der Waals surface area contributed by atoms with E-state index >= 15 is 0 Å². The number of hydrogen-bond acceptors (Lipinski definition) is 2. The van der Waals surface area contributed by atoms with Crippen LogP contribution in [0.3, 0.4) is 0 Å². The van der Waals surface area contributed by atoms with E-state index in [-0.39, 0.29) is 6.04 Å². The smallest absolute Gasteiger partial charge is 0.0946 e. The largest absolute Gasteiger partial charge is 0.298 e. The maximum atomic E-state index is 4.26. The third kappa shape index (κ3) is 1.90. The Bertz CT molecular complexity index is 594. The van der Waals surface area contributed by atoms with Crippen molar-refractivity contribution in [2.45, 2.75) is 19.9 Å². The van der Waals surface area contributed by atoms with E-state index in [1.54, 1.807) is 0 Å². The van der Waals surface area contributed by atoms with Gasteiger partial charge in [0, 0.05) is 5.56 Å². The number of hydrogen-bond donors (Lipinski definition) is 1. The number of rotatable bonds is 1. The van der Waals surface area contributed by atoms with Gasteiger partial charge in [0.05, 0.1) is 12.3 Å². The van der Waals surface area contributed by atoms with Gasteiger partial charge in [0.2, 0.25) is 0 Å². The van der Waals surface area contributed by atoms with Gasteiger partial charge in [-0.15, -0.1) is 0 Å². The molecule has 2 aromatic carbocycles. The summed E-state index contributed by atoms with van der Waals surface area (Å²) in [5.41, 5.74) is 9.56. The van der Waals surface area contributed by atoms with Crippen molar-refractivity contribution in [3.63, 3.8) is 0 Å². The van der Waals surface area contributed by atoms with Gasteiger partial charge in [-0.3, -0.25) is 5.43 Å². The molecule has 18 heavy (non-hydrogen) atoms. The third-order valence-corrected chi connectivity index (χ3v) is 3.29. The summed E-state index contributed by atoms with van der Waals surface area (Å²) >= 11 is 0. The average Bonchev–Trinajstić information content (AvgIpc) is 2.37. The first kappa shape index (κ1) is 11.0. The molecule has 0 aliphatic carbocycles. The lowest BCUT2D eigenvalue weighted by Gasteiger charge is -2.23. The molecule has 1 heterocycles. The van der Waals surface area contributed by atoms with Crippen LogP contribution in [0.2, 0.25) is 0 Å². The topological polar surface area (TPSA) is 24.4 Å². The van der Waals surface area contributed by atoms with Crippen LogP contribution in [-0.4, -0.2) is 6.21 Å². The summed E-state index contributed by atoms with van der Waals surface area (Å²) in [5.74, 6) is 0. The van der Waals surface area contributed by atoms with Crippen molar-refractivity contribution in [2.24, 2.45) is 5.10 Å². The Balaban J connectivity index is 2.10. The Kier molecular flexibility index (Phi) is 2.63. The van der Waals surface area contributed by atoms with Gasteiger partial charge in [0.1, 0.15) is 0 Å². The maximum absolute atomic E-state index is 4.26. The monoisotopic (exact) mass is 236 g/mol. The highest BCUT2D eigenvalue weighted by Gasteiger charge is 2.19. The molecule has 0 bridgehead atoms. The molecule has 2 aromatic rings. The Hall–Kier alpha value is -2.09. The lowest BCUT2D eigenvalue weighted by atomic mass is 9.92. The van der Waals surface area contributed by atoms with Crippen LogP contribution in [0.4, 0.5) is 0 Å². The summed E-state index contributed by atoms with van der Waals surface area (Å²) < 4.78 is 0. The Morgan fingerprint density at radius 2 is 1.72 bits per heavy atom. The molecule has 1 N–H and O–H groups in total. The van der Waals surface area contributed by atoms with Crippen molar-refractivity contribution in [3.8, 4) is 0 Å². The van der Waals surface area contributed by atoms with Crippen LogP contribution in [0.25, 0.3) is 0 Å². The average molecular weight is 236 g/mol. The minimum absolute atomic E-state index is 0.157. The van der Waals surface area contributed by atoms with Gasteiger partial charge in [-0.05, 0) is 25.0 Å². The Labute approximate surface area is 107 Å². The summed E-state index contributed by atoms with van der Waals surface area (Å²) in [4.78, 5) is 0. The van der Waals surface area contributed by atoms with Crippen LogP contribution in [0.1, 0.15) is 33.9 Å². The fraction of sp³-hybridized carbons (Fsp3) is 0.188. The summed E-state index contributed by atoms with van der Waals surface area (Å²) in [6.45, 7) is 4.27. The summed E-state index contributed by atoms with van der Waals surface area (Å²) in [6, 6.07) is 15.2. The normalized spacial score (nSPS) is 17.1. The van der Waals surface area contributed by atoms with E-state index < -0.39 is 0 Å². The second kappa shape index (κ2) is 4.30. The molecule has 1 aliphatic heterocycles. The number of nitrogens with one attached hydrogen (secondary N) is 1. The quantitative estimate of drug-likeness (QED) is 0.807. The summed E-state index contributed by atoms with van der Waals surface area (Å²) in [7, 11) is 0. The molecule has 3 rings (SSSR count). The van der Waals surface area contributed by atoms with Crippen LogP contribution < -0.4 is 5.43 Å². The number of aryl methyl sites for hydroxylation is 2. The molecule has 1 aliphatic rings. The van der Waals surface area contributed by atoms with Crippen LogP contribution in [0, 0.1) is 13.8 Å². The van der Waals surface area contributed by atoms with Gasteiger partial charge >= 0.3 is 0 Å². The van der Waals surface area contributed by atoms with E-state index in [1.165, 1.54) is 27.8 Å². The van der Waals surface area contributed by atoms with E-state index in [4.69, 9.17) is 0 Å². The van der Waals surface area contributed by atoms with Crippen molar-refractivity contribution in [1.29, 1.82) is 0 Å². The third-order valence-electron chi connectivity index (χ3n) is 3.29. The van der Waals surface area contributed by atoms with E-state index in [9.17, 15) is 0 Å². The highest BCUT2D eigenvalue weighted by molar-refractivity contribution is 5.83. The highest BCUT2D eigenvalue weighted by atomic mass is 15.3. The molecular weight excluding hydrogens is 220 g/mol. The van der Waals surface area contributed by atoms with Crippen molar-refractivity contribution >= 4 is 6.21 Å². The van der Waals surface area contributed by atoms with Gasteiger partial charge in [0.25, 0.3) is 0 Å². The van der Waals surface area contributed by atoms with Gasteiger partial charge < -0.3 is 0 Å². The molecule has 2 heteroatoms.